The molecule has 0 bridgehead atoms. The number of hydrogen-bond acceptors (Lipinski definition) is 6. The second kappa shape index (κ2) is 27.2. The second-order valence-corrected chi connectivity index (χ2v) is 10.1. The van der Waals surface area contributed by atoms with Crippen molar-refractivity contribution in [3.8, 4) is 0 Å². The molecule has 0 aromatic heterocycles. The van der Waals surface area contributed by atoms with Gasteiger partial charge in [-0.25, -0.2) is 0 Å². The summed E-state index contributed by atoms with van der Waals surface area (Å²) in [5.74, 6) is 1.69. The summed E-state index contributed by atoms with van der Waals surface area (Å²) < 4.78 is 10.6. The Kier molecular flexibility index (Phi) is 32.6. The molecule has 0 saturated heterocycles. The van der Waals surface area contributed by atoms with E-state index >= 15 is 0 Å². The van der Waals surface area contributed by atoms with E-state index in [-0.39, 0.29) is 36.1 Å². The van der Waals surface area contributed by atoms with Crippen molar-refractivity contribution in [2.75, 3.05) is 13.2 Å². The molecule has 7 heteroatoms. The minimum Gasteiger partial charge on any atom is -0.514 e. The van der Waals surface area contributed by atoms with Gasteiger partial charge in [-0.2, -0.15) is 0 Å². The average Bonchev–Trinajstić information content (AvgIpc) is 2.59. The van der Waals surface area contributed by atoms with Gasteiger partial charge in [-0.05, 0) is 24.7 Å². The number of thiocarbonyl (C=S) groups is 2. The first-order valence-corrected chi connectivity index (χ1v) is 12.6. The van der Waals surface area contributed by atoms with Crippen LogP contribution in [0.5, 0.6) is 0 Å². The van der Waals surface area contributed by atoms with Crippen LogP contribution in [-0.2, 0) is 34.7 Å². The molecular weight excluding hydrogens is 632 g/mol. The van der Waals surface area contributed by atoms with Crippen molar-refractivity contribution in [3.63, 3.8) is 0 Å². The zero-order valence-electron chi connectivity index (χ0n) is 19.0. The molecule has 0 heterocycles. The van der Waals surface area contributed by atoms with E-state index in [4.69, 9.17) is 9.47 Å². The van der Waals surface area contributed by atoms with Gasteiger partial charge in [-0.1, -0.05) is 91.9 Å². The van der Waals surface area contributed by atoms with Crippen molar-refractivity contribution in [2.45, 2.75) is 105 Å². The maximum absolute atomic E-state index is 5.03. The first kappa shape index (κ1) is 34.7. The molecule has 2 radical (unpaired) electrons. The van der Waals surface area contributed by atoms with Crippen LogP contribution in [0.4, 0.5) is 0 Å². The van der Waals surface area contributed by atoms with Crippen LogP contribution in [0.2, 0.25) is 0 Å². The Balaban J connectivity index is -0.000000451. The third kappa shape index (κ3) is 40.1. The molecule has 0 N–H and O–H groups in total. The average molecular weight is 674 g/mol. The Labute approximate surface area is 223 Å². The summed E-state index contributed by atoms with van der Waals surface area (Å²) in [4.78, 5) is 0. The molecule has 0 amide bonds. The summed E-state index contributed by atoms with van der Waals surface area (Å²) in [6, 6.07) is 0. The summed E-state index contributed by atoms with van der Waals surface area (Å²) in [5, 5.41) is 0. The Morgan fingerprint density at radius 3 is 1.14 bits per heavy atom. The first-order valence-electron chi connectivity index (χ1n) is 10.9. The third-order valence-corrected chi connectivity index (χ3v) is 4.76. The molecule has 0 unspecified atom stereocenters. The van der Waals surface area contributed by atoms with E-state index < -0.39 is 0 Å². The maximum atomic E-state index is 5.03. The molecule has 0 saturated carbocycles. The van der Waals surface area contributed by atoms with E-state index in [0.29, 0.717) is 13.2 Å². The molecule has 0 spiro atoms. The summed E-state index contributed by atoms with van der Waals surface area (Å²) >= 11 is 18.5. The molecule has 2 nitrogen and oxygen atoms in total. The van der Waals surface area contributed by atoms with Crippen LogP contribution < -0.4 is 0 Å². The van der Waals surface area contributed by atoms with Crippen molar-refractivity contribution in [1.29, 1.82) is 0 Å². The van der Waals surface area contributed by atoms with Gasteiger partial charge in [0.25, 0.3) is 0 Å². The largest absolute Gasteiger partial charge is 2.00 e. The maximum Gasteiger partial charge on any atom is 2.00 e. The van der Waals surface area contributed by atoms with Crippen molar-refractivity contribution >= 4 is 85.8 Å². The third-order valence-electron chi connectivity index (χ3n) is 4.29. The van der Waals surface area contributed by atoms with Gasteiger partial charge < -0.3 is 59.2 Å². The van der Waals surface area contributed by atoms with Crippen LogP contribution in [0.3, 0.4) is 0 Å². The molecule has 170 valence electrons. The minimum atomic E-state index is 0. The van der Waals surface area contributed by atoms with E-state index in [2.05, 4.69) is 77.4 Å². The molecular formula is C22H42O2PbS4. The number of unbranched alkanes of at least 4 members (excludes halogenated alkanes) is 8. The molecule has 0 aliphatic rings. The van der Waals surface area contributed by atoms with Crippen molar-refractivity contribution in [3.05, 3.63) is 0 Å². The Hall–Kier alpha value is 1.14. The number of ether oxygens (including phenoxy) is 2. The number of rotatable bonds is 16. The molecule has 0 aliphatic heterocycles. The first-order chi connectivity index (χ1) is 13.3. The van der Waals surface area contributed by atoms with Gasteiger partial charge in [0.15, 0.2) is 0 Å². The van der Waals surface area contributed by atoms with Crippen LogP contribution in [0.25, 0.3) is 0 Å². The van der Waals surface area contributed by atoms with Gasteiger partial charge in [-0.3, -0.25) is 0 Å². The van der Waals surface area contributed by atoms with Gasteiger partial charge in [0.2, 0.25) is 0 Å². The molecule has 0 fully saturated rings. The SMILES string of the molecule is CC(C)CCCCCCCOC(=S)[S-].CC(C)CCCCCCCOC(=S)[S-].[Pb+2]. The monoisotopic (exact) mass is 674 g/mol. The van der Waals surface area contributed by atoms with Crippen molar-refractivity contribution < 1.29 is 9.47 Å². The molecule has 0 rings (SSSR count). The molecule has 0 aromatic carbocycles. The fraction of sp³-hybridized carbons (Fsp3) is 0.909. The topological polar surface area (TPSA) is 18.5 Å². The van der Waals surface area contributed by atoms with Crippen molar-refractivity contribution in [2.24, 2.45) is 11.8 Å². The summed E-state index contributed by atoms with van der Waals surface area (Å²) in [5.41, 5.74) is 0. The van der Waals surface area contributed by atoms with Crippen LogP contribution >= 0.6 is 24.4 Å². The van der Waals surface area contributed by atoms with Crippen LogP contribution in [-0.4, -0.2) is 49.3 Å². The molecule has 0 aliphatic carbocycles. The molecule has 0 aromatic rings. The Morgan fingerprint density at radius 1 is 0.586 bits per heavy atom. The van der Waals surface area contributed by atoms with E-state index in [0.717, 1.165) is 24.7 Å². The Bertz CT molecular complexity index is 333. The summed E-state index contributed by atoms with van der Waals surface area (Å²) in [7, 11) is 0. The summed E-state index contributed by atoms with van der Waals surface area (Å²) in [6.45, 7) is 10.5. The van der Waals surface area contributed by atoms with Gasteiger partial charge in [0, 0.05) is 8.77 Å². The van der Waals surface area contributed by atoms with Crippen LogP contribution in [0.1, 0.15) is 105 Å². The molecule has 29 heavy (non-hydrogen) atoms. The fourth-order valence-corrected chi connectivity index (χ4v) is 3.01. The van der Waals surface area contributed by atoms with Crippen LogP contribution in [0, 0.1) is 11.8 Å². The van der Waals surface area contributed by atoms with Gasteiger partial charge in [0.05, 0.1) is 13.2 Å². The number of hydrogen-bond donors (Lipinski definition) is 0. The summed E-state index contributed by atoms with van der Waals surface area (Å²) in [6.07, 6.45) is 15.4. The van der Waals surface area contributed by atoms with Gasteiger partial charge in [0.1, 0.15) is 0 Å². The quantitative estimate of drug-likeness (QED) is 0.0737. The Morgan fingerprint density at radius 2 is 0.862 bits per heavy atom. The predicted molar refractivity (Wildman–Crippen MR) is 143 cm³/mol. The van der Waals surface area contributed by atoms with E-state index in [1.807, 2.05) is 0 Å². The van der Waals surface area contributed by atoms with Gasteiger partial charge >= 0.3 is 27.3 Å². The van der Waals surface area contributed by atoms with E-state index in [1.165, 1.54) is 64.2 Å². The standard InChI is InChI=1S/2C11H22OS2.Pb/c2*1-10(2)8-6-4-3-5-7-9-12-11(13)14;/h2*10H,3-9H2,1-2H3,(H,13,14);/q;;+2/p-2. The normalized spacial score (nSPS) is 10.1. The second-order valence-electron chi connectivity index (χ2n) is 8.10. The smallest absolute Gasteiger partial charge is 0.514 e. The molecule has 0 atom stereocenters. The van der Waals surface area contributed by atoms with Crippen LogP contribution in [0.15, 0.2) is 0 Å². The van der Waals surface area contributed by atoms with Gasteiger partial charge in [-0.15, -0.1) is 0 Å². The minimum absolute atomic E-state index is 0. The fourth-order valence-electron chi connectivity index (χ4n) is 2.68. The predicted octanol–water partition coefficient (Wildman–Crippen LogP) is 7.28. The van der Waals surface area contributed by atoms with Crippen molar-refractivity contribution in [1.82, 2.24) is 0 Å². The van der Waals surface area contributed by atoms with E-state index in [9.17, 15) is 0 Å². The zero-order chi connectivity index (χ0) is 21.6. The van der Waals surface area contributed by atoms with E-state index in [1.54, 1.807) is 0 Å². The zero-order valence-corrected chi connectivity index (χ0v) is 26.2.